The van der Waals surface area contributed by atoms with Gasteiger partial charge in [0, 0.05) is 0 Å². The van der Waals surface area contributed by atoms with Crippen molar-refractivity contribution in [2.24, 2.45) is 0 Å². The van der Waals surface area contributed by atoms with E-state index in [1.807, 2.05) is 0 Å². The Morgan fingerprint density at radius 3 is 1.38 bits per heavy atom. The first-order valence-electron chi connectivity index (χ1n) is 10.8. The molecule has 0 saturated carbocycles. The number of fused-ring (bicyclic) bond motifs is 6. The molecule has 4 aromatic rings. The van der Waals surface area contributed by atoms with E-state index in [4.69, 9.17) is 0 Å². The molecular weight excluding hydrogens is 428 g/mol. The molecular formula is C28H22Zr. The third-order valence-electron chi connectivity index (χ3n) is 7.48. The zero-order valence-corrected chi connectivity index (χ0v) is 18.9. The molecule has 0 aromatic heterocycles. The van der Waals surface area contributed by atoms with Crippen molar-refractivity contribution in [3.63, 3.8) is 0 Å². The Morgan fingerprint density at radius 1 is 0.448 bits per heavy atom. The first kappa shape index (κ1) is 16.5. The molecule has 3 aliphatic rings. The SMILES string of the molecule is c1ccc2c(c1)Cc1c-2ccc[c]1[Zr]1([c]2cccc3c2Cc2ccccc2-3)[CH2][CH2]1. The molecule has 1 saturated heterocycles. The quantitative estimate of drug-likeness (QED) is 0.314. The normalized spacial score (nSPS) is 16.7. The van der Waals surface area contributed by atoms with Gasteiger partial charge in [-0.1, -0.05) is 0 Å². The van der Waals surface area contributed by atoms with Crippen LogP contribution in [0.2, 0.25) is 8.26 Å². The van der Waals surface area contributed by atoms with E-state index < -0.39 is 20.3 Å². The minimum atomic E-state index is -2.52. The predicted octanol–water partition coefficient (Wildman–Crippen LogP) is 5.78. The van der Waals surface area contributed by atoms with Gasteiger partial charge < -0.3 is 0 Å². The van der Waals surface area contributed by atoms with Gasteiger partial charge in [-0.15, -0.1) is 0 Å². The molecule has 1 aliphatic heterocycles. The van der Waals surface area contributed by atoms with E-state index in [0.29, 0.717) is 0 Å². The van der Waals surface area contributed by atoms with Crippen molar-refractivity contribution in [3.8, 4) is 22.3 Å². The number of hydrogen-bond donors (Lipinski definition) is 0. The summed E-state index contributed by atoms with van der Waals surface area (Å²) in [6.45, 7) is 0. The zero-order chi connectivity index (χ0) is 19.0. The molecule has 138 valence electrons. The summed E-state index contributed by atoms with van der Waals surface area (Å²) in [6.07, 6.45) is 2.27. The van der Waals surface area contributed by atoms with Crippen LogP contribution in [0.25, 0.3) is 22.3 Å². The summed E-state index contributed by atoms with van der Waals surface area (Å²) >= 11 is -2.52. The van der Waals surface area contributed by atoms with Gasteiger partial charge in [-0.05, 0) is 0 Å². The van der Waals surface area contributed by atoms with Crippen LogP contribution in [0, 0.1) is 0 Å². The van der Waals surface area contributed by atoms with E-state index in [2.05, 4.69) is 84.9 Å². The topological polar surface area (TPSA) is 0 Å². The van der Waals surface area contributed by atoms with E-state index >= 15 is 0 Å². The average molecular weight is 450 g/mol. The zero-order valence-electron chi connectivity index (χ0n) is 16.4. The van der Waals surface area contributed by atoms with Crippen LogP contribution in [0.3, 0.4) is 0 Å². The molecule has 0 N–H and O–H groups in total. The van der Waals surface area contributed by atoms with Crippen molar-refractivity contribution in [1.29, 1.82) is 0 Å². The number of rotatable bonds is 2. The third kappa shape index (κ3) is 2.23. The molecule has 1 heteroatoms. The van der Waals surface area contributed by atoms with Crippen molar-refractivity contribution < 1.29 is 20.3 Å². The second-order valence-electron chi connectivity index (χ2n) is 8.91. The first-order chi connectivity index (χ1) is 14.4. The number of benzene rings is 4. The van der Waals surface area contributed by atoms with Crippen molar-refractivity contribution in [3.05, 3.63) is 107 Å². The van der Waals surface area contributed by atoms with Crippen LogP contribution in [-0.2, 0) is 33.1 Å². The van der Waals surface area contributed by atoms with E-state index in [0.717, 1.165) is 12.8 Å². The fourth-order valence-corrected chi connectivity index (χ4v) is 19.6. The first-order valence-corrected chi connectivity index (χ1v) is 16.7. The Labute approximate surface area is 176 Å². The maximum atomic E-state index is 2.51. The molecule has 0 spiro atoms. The predicted molar refractivity (Wildman–Crippen MR) is 118 cm³/mol. The second-order valence-corrected chi connectivity index (χ2v) is 19.3. The summed E-state index contributed by atoms with van der Waals surface area (Å²) in [4.78, 5) is 0. The number of hydrogen-bond acceptors (Lipinski definition) is 0. The summed E-state index contributed by atoms with van der Waals surface area (Å²) in [5.41, 5.74) is 12.3. The van der Waals surface area contributed by atoms with Gasteiger partial charge in [0.05, 0.1) is 0 Å². The molecule has 4 aromatic carbocycles. The molecule has 0 amide bonds. The van der Waals surface area contributed by atoms with Crippen LogP contribution in [0.15, 0.2) is 84.9 Å². The summed E-state index contributed by atoms with van der Waals surface area (Å²) in [5, 5.41) is 0. The van der Waals surface area contributed by atoms with Gasteiger partial charge in [-0.3, -0.25) is 0 Å². The summed E-state index contributed by atoms with van der Waals surface area (Å²) in [6, 6.07) is 32.5. The molecule has 0 nitrogen and oxygen atoms in total. The molecule has 7 rings (SSSR count). The van der Waals surface area contributed by atoms with Crippen molar-refractivity contribution in [1.82, 2.24) is 0 Å². The Hall–Kier alpha value is -2.24. The van der Waals surface area contributed by atoms with E-state index in [-0.39, 0.29) is 0 Å². The maximum absolute atomic E-state index is 2.52. The summed E-state index contributed by atoms with van der Waals surface area (Å²) < 4.78 is 6.54. The van der Waals surface area contributed by atoms with Crippen LogP contribution in [0.1, 0.15) is 22.3 Å². The Morgan fingerprint density at radius 2 is 0.897 bits per heavy atom. The van der Waals surface area contributed by atoms with Gasteiger partial charge in [-0.25, -0.2) is 0 Å². The van der Waals surface area contributed by atoms with Gasteiger partial charge >= 0.3 is 177 Å². The monoisotopic (exact) mass is 448 g/mol. The fourth-order valence-electron chi connectivity index (χ4n) is 6.02. The van der Waals surface area contributed by atoms with Crippen LogP contribution >= 0.6 is 0 Å². The molecule has 0 bridgehead atoms. The summed E-state index contributed by atoms with van der Waals surface area (Å²) in [5.74, 6) is 0. The molecule has 2 aliphatic carbocycles. The van der Waals surface area contributed by atoms with Crippen LogP contribution in [0.5, 0.6) is 0 Å². The van der Waals surface area contributed by atoms with Crippen molar-refractivity contribution in [2.45, 2.75) is 21.1 Å². The van der Waals surface area contributed by atoms with Gasteiger partial charge in [0.25, 0.3) is 0 Å². The minimum absolute atomic E-state index is 1.13. The molecule has 1 heterocycles. The van der Waals surface area contributed by atoms with E-state index in [1.165, 1.54) is 41.6 Å². The Kier molecular flexibility index (Phi) is 3.36. The van der Waals surface area contributed by atoms with Gasteiger partial charge in [0.1, 0.15) is 0 Å². The molecule has 1 fully saturated rings. The van der Waals surface area contributed by atoms with Crippen LogP contribution in [-0.4, -0.2) is 0 Å². The average Bonchev–Trinajstić information content (AvgIpc) is 3.34. The van der Waals surface area contributed by atoms with Gasteiger partial charge in [0.2, 0.25) is 0 Å². The fraction of sp³-hybridized carbons (Fsp3) is 0.143. The molecule has 0 radical (unpaired) electrons. The second kappa shape index (κ2) is 5.90. The summed E-state index contributed by atoms with van der Waals surface area (Å²) in [7, 11) is 0. The Balaban J connectivity index is 1.42. The van der Waals surface area contributed by atoms with Gasteiger partial charge in [0.15, 0.2) is 0 Å². The van der Waals surface area contributed by atoms with E-state index in [1.54, 1.807) is 17.7 Å². The van der Waals surface area contributed by atoms with E-state index in [9.17, 15) is 0 Å². The van der Waals surface area contributed by atoms with Crippen molar-refractivity contribution >= 4 is 6.54 Å². The van der Waals surface area contributed by atoms with Crippen molar-refractivity contribution in [2.75, 3.05) is 0 Å². The third-order valence-corrected chi connectivity index (χ3v) is 18.5. The van der Waals surface area contributed by atoms with Crippen LogP contribution < -0.4 is 6.54 Å². The van der Waals surface area contributed by atoms with Crippen LogP contribution in [0.4, 0.5) is 0 Å². The molecule has 0 atom stereocenters. The van der Waals surface area contributed by atoms with Gasteiger partial charge in [-0.2, -0.15) is 0 Å². The standard InChI is InChI=1S/2C13H9.C2H4.Zr/c2*1-3-7-12-10(5-1)9-11-6-2-4-8-13(11)12;1-2;/h2*1-5,7-8H,9H2;1-2H2;. The molecule has 0 unspecified atom stereocenters. The Bertz CT molecular complexity index is 1210. The molecule has 29 heavy (non-hydrogen) atoms.